The molecule has 136 valence electrons. The Balaban J connectivity index is 1.94. The van der Waals surface area contributed by atoms with E-state index in [1.807, 2.05) is 24.3 Å². The Morgan fingerprint density at radius 2 is 1.88 bits per heavy atom. The Morgan fingerprint density at radius 1 is 1.24 bits per heavy atom. The molecule has 2 aromatic rings. The maximum absolute atomic E-state index is 12.3. The van der Waals surface area contributed by atoms with Gasteiger partial charge in [-0.25, -0.2) is 0 Å². The third-order valence-electron chi connectivity index (χ3n) is 3.70. The predicted octanol–water partition coefficient (Wildman–Crippen LogP) is 3.81. The lowest BCUT2D eigenvalue weighted by Crippen LogP contribution is -2.35. The van der Waals surface area contributed by atoms with Gasteiger partial charge in [-0.15, -0.1) is 0 Å². The van der Waals surface area contributed by atoms with Crippen LogP contribution in [0.2, 0.25) is 0 Å². The fourth-order valence-electron chi connectivity index (χ4n) is 2.25. The number of hydrogen-bond acceptors (Lipinski definition) is 4. The number of nitrogens with zero attached hydrogens (tertiary/aromatic N) is 3. The number of amides is 1. The molecule has 1 aromatic carbocycles. The second-order valence-electron chi connectivity index (χ2n) is 6.15. The van der Waals surface area contributed by atoms with Gasteiger partial charge in [0.15, 0.2) is 0 Å². The molecule has 0 bridgehead atoms. The molecule has 0 atom stereocenters. The number of carbonyl (C=O) groups excluding carboxylic acids is 1. The van der Waals surface area contributed by atoms with E-state index in [4.69, 9.17) is 4.52 Å². The summed E-state index contributed by atoms with van der Waals surface area (Å²) in [5, 5.41) is 3.85. The van der Waals surface area contributed by atoms with E-state index in [0.717, 1.165) is 12.6 Å². The molecule has 0 aliphatic heterocycles. The normalized spacial score (nSPS) is 11.8. The van der Waals surface area contributed by atoms with Crippen LogP contribution in [0.1, 0.15) is 37.6 Å². The molecule has 1 aromatic heterocycles. The third kappa shape index (κ3) is 5.58. The van der Waals surface area contributed by atoms with Gasteiger partial charge >= 0.3 is 6.18 Å². The highest BCUT2D eigenvalue weighted by Crippen LogP contribution is 2.21. The molecule has 0 radical (unpaired) electrons. The summed E-state index contributed by atoms with van der Waals surface area (Å²) in [6.07, 6.45) is -4.44. The molecule has 0 N–H and O–H groups in total. The van der Waals surface area contributed by atoms with Gasteiger partial charge in [0, 0.05) is 25.5 Å². The third-order valence-corrected chi connectivity index (χ3v) is 3.70. The Labute approximate surface area is 143 Å². The lowest BCUT2D eigenvalue weighted by Gasteiger charge is -2.18. The number of rotatable bonds is 6. The molecule has 1 amide bonds. The van der Waals surface area contributed by atoms with E-state index in [-0.39, 0.29) is 18.7 Å². The van der Waals surface area contributed by atoms with Crippen molar-refractivity contribution in [3.8, 4) is 11.4 Å². The number of alkyl halides is 3. The average molecular weight is 355 g/mol. The van der Waals surface area contributed by atoms with Crippen LogP contribution in [0, 0.1) is 0 Å². The van der Waals surface area contributed by atoms with Crippen molar-refractivity contribution in [1.82, 2.24) is 15.0 Å². The first-order chi connectivity index (χ1) is 11.7. The van der Waals surface area contributed by atoms with E-state index in [1.54, 1.807) is 0 Å². The van der Waals surface area contributed by atoms with Crippen molar-refractivity contribution in [2.24, 2.45) is 0 Å². The smallest absolute Gasteiger partial charge is 0.339 e. The van der Waals surface area contributed by atoms with Crippen molar-refractivity contribution in [2.75, 3.05) is 13.6 Å². The second-order valence-corrected chi connectivity index (χ2v) is 6.15. The molecule has 25 heavy (non-hydrogen) atoms. The molecular formula is C17H20F3N3O2. The summed E-state index contributed by atoms with van der Waals surface area (Å²) in [5.41, 5.74) is 1.96. The van der Waals surface area contributed by atoms with E-state index < -0.39 is 18.6 Å². The summed E-state index contributed by atoms with van der Waals surface area (Å²) in [4.78, 5) is 16.5. The van der Waals surface area contributed by atoms with E-state index in [1.165, 1.54) is 5.56 Å². The molecule has 8 heteroatoms. The summed E-state index contributed by atoms with van der Waals surface area (Å²) in [7, 11) is 1.12. The Bertz CT molecular complexity index is 709. The van der Waals surface area contributed by atoms with Gasteiger partial charge in [0.1, 0.15) is 6.54 Å². The van der Waals surface area contributed by atoms with Gasteiger partial charge in [0.05, 0.1) is 0 Å². The van der Waals surface area contributed by atoms with Crippen molar-refractivity contribution < 1.29 is 22.5 Å². The zero-order chi connectivity index (χ0) is 18.6. The first-order valence-electron chi connectivity index (χ1n) is 7.89. The lowest BCUT2D eigenvalue weighted by atomic mass is 10.0. The zero-order valence-corrected chi connectivity index (χ0v) is 14.3. The molecular weight excluding hydrogens is 335 g/mol. The van der Waals surface area contributed by atoms with E-state index in [9.17, 15) is 18.0 Å². The minimum atomic E-state index is -4.41. The monoisotopic (exact) mass is 355 g/mol. The van der Waals surface area contributed by atoms with Crippen LogP contribution in [-0.4, -0.2) is 40.7 Å². The molecule has 0 fully saturated rings. The Kier molecular flexibility index (Phi) is 5.81. The van der Waals surface area contributed by atoms with Crippen LogP contribution in [0.25, 0.3) is 11.4 Å². The standard InChI is InChI=1S/C17H20F3N3O2/c1-11(2)12-4-6-13(7-5-12)16-21-14(25-22-16)8-9-15(24)23(3)10-17(18,19)20/h4-7,11H,8-10H2,1-3H3. The lowest BCUT2D eigenvalue weighted by molar-refractivity contribution is -0.158. The van der Waals surface area contributed by atoms with Crippen LogP contribution >= 0.6 is 0 Å². The number of halogens is 3. The van der Waals surface area contributed by atoms with Crippen LogP contribution in [0.5, 0.6) is 0 Å². The molecule has 0 aliphatic rings. The van der Waals surface area contributed by atoms with E-state index >= 15 is 0 Å². The predicted molar refractivity (Wildman–Crippen MR) is 85.8 cm³/mol. The Hall–Kier alpha value is -2.38. The summed E-state index contributed by atoms with van der Waals surface area (Å²) < 4.78 is 41.9. The summed E-state index contributed by atoms with van der Waals surface area (Å²) in [6.45, 7) is 2.91. The zero-order valence-electron chi connectivity index (χ0n) is 14.3. The van der Waals surface area contributed by atoms with Gasteiger partial charge in [-0.05, 0) is 11.5 Å². The highest BCUT2D eigenvalue weighted by atomic mass is 19.4. The number of benzene rings is 1. The maximum atomic E-state index is 12.3. The van der Waals surface area contributed by atoms with Crippen LogP contribution in [-0.2, 0) is 11.2 Å². The molecule has 2 rings (SSSR count). The van der Waals surface area contributed by atoms with Crippen molar-refractivity contribution in [3.05, 3.63) is 35.7 Å². The van der Waals surface area contributed by atoms with Gasteiger partial charge < -0.3 is 9.42 Å². The van der Waals surface area contributed by atoms with Gasteiger partial charge in [-0.3, -0.25) is 4.79 Å². The molecule has 5 nitrogen and oxygen atoms in total. The minimum absolute atomic E-state index is 0.0953. The highest BCUT2D eigenvalue weighted by Gasteiger charge is 2.31. The van der Waals surface area contributed by atoms with Crippen molar-refractivity contribution >= 4 is 5.91 Å². The molecule has 0 saturated heterocycles. The van der Waals surface area contributed by atoms with Crippen LogP contribution < -0.4 is 0 Å². The summed E-state index contributed by atoms with van der Waals surface area (Å²) in [5.74, 6) is 0.394. The van der Waals surface area contributed by atoms with Crippen molar-refractivity contribution in [1.29, 1.82) is 0 Å². The van der Waals surface area contributed by atoms with Gasteiger partial charge in [0.2, 0.25) is 17.6 Å². The van der Waals surface area contributed by atoms with Gasteiger partial charge in [-0.1, -0.05) is 43.3 Å². The molecule has 0 unspecified atom stereocenters. The fraction of sp³-hybridized carbons (Fsp3) is 0.471. The molecule has 0 saturated carbocycles. The molecule has 0 spiro atoms. The number of aryl methyl sites for hydroxylation is 1. The molecule has 0 aliphatic carbocycles. The van der Waals surface area contributed by atoms with E-state index in [0.29, 0.717) is 16.6 Å². The van der Waals surface area contributed by atoms with Crippen LogP contribution in [0.3, 0.4) is 0 Å². The first kappa shape index (κ1) is 19.0. The van der Waals surface area contributed by atoms with Crippen molar-refractivity contribution in [3.63, 3.8) is 0 Å². The topological polar surface area (TPSA) is 59.2 Å². The van der Waals surface area contributed by atoms with Gasteiger partial charge in [0.25, 0.3) is 0 Å². The second kappa shape index (κ2) is 7.67. The highest BCUT2D eigenvalue weighted by molar-refractivity contribution is 5.76. The minimum Gasteiger partial charge on any atom is -0.339 e. The fourth-order valence-corrected chi connectivity index (χ4v) is 2.25. The molecule has 1 heterocycles. The maximum Gasteiger partial charge on any atom is 0.406 e. The quantitative estimate of drug-likeness (QED) is 0.790. The number of carbonyl (C=O) groups is 1. The van der Waals surface area contributed by atoms with Crippen molar-refractivity contribution in [2.45, 2.75) is 38.8 Å². The largest absolute Gasteiger partial charge is 0.406 e. The SMILES string of the molecule is CC(C)c1ccc(-c2noc(CCC(=O)N(C)CC(F)(F)F)n2)cc1. The van der Waals surface area contributed by atoms with Crippen LogP contribution in [0.15, 0.2) is 28.8 Å². The summed E-state index contributed by atoms with van der Waals surface area (Å²) >= 11 is 0. The Morgan fingerprint density at radius 3 is 2.44 bits per heavy atom. The summed E-state index contributed by atoms with van der Waals surface area (Å²) in [6, 6.07) is 7.72. The van der Waals surface area contributed by atoms with Gasteiger partial charge in [-0.2, -0.15) is 18.2 Å². The number of aromatic nitrogens is 2. The first-order valence-corrected chi connectivity index (χ1v) is 7.89. The number of hydrogen-bond donors (Lipinski definition) is 0. The van der Waals surface area contributed by atoms with E-state index in [2.05, 4.69) is 24.0 Å². The van der Waals surface area contributed by atoms with Crippen LogP contribution in [0.4, 0.5) is 13.2 Å². The average Bonchev–Trinajstić information content (AvgIpc) is 3.00.